The SMILES string of the molecule is COc1ccccc1N1CCN(c2ccc(NC(=O)c3cccc(F)c3)cc2C(=O)NCC(C)C)CC1. The third-order valence-electron chi connectivity index (χ3n) is 6.30. The Hall–Kier alpha value is -4.07. The van der Waals surface area contributed by atoms with Gasteiger partial charge in [-0.1, -0.05) is 32.0 Å². The predicted molar refractivity (Wildman–Crippen MR) is 145 cm³/mol. The molecule has 0 atom stereocenters. The summed E-state index contributed by atoms with van der Waals surface area (Å²) >= 11 is 0. The minimum absolute atomic E-state index is 0.197. The highest BCUT2D eigenvalue weighted by molar-refractivity contribution is 6.06. The van der Waals surface area contributed by atoms with Gasteiger partial charge in [0.25, 0.3) is 11.8 Å². The minimum Gasteiger partial charge on any atom is -0.495 e. The summed E-state index contributed by atoms with van der Waals surface area (Å²) in [4.78, 5) is 30.3. The number of hydrogen-bond donors (Lipinski definition) is 2. The summed E-state index contributed by atoms with van der Waals surface area (Å²) in [6.07, 6.45) is 0. The van der Waals surface area contributed by atoms with Gasteiger partial charge in [-0.25, -0.2) is 4.39 Å². The molecule has 0 bridgehead atoms. The number of rotatable bonds is 8. The van der Waals surface area contributed by atoms with Gasteiger partial charge in [0.15, 0.2) is 0 Å². The van der Waals surface area contributed by atoms with E-state index in [0.717, 1.165) is 43.3 Å². The first-order valence-electron chi connectivity index (χ1n) is 12.5. The third-order valence-corrected chi connectivity index (χ3v) is 6.30. The fourth-order valence-electron chi connectivity index (χ4n) is 4.38. The molecule has 0 saturated carbocycles. The van der Waals surface area contributed by atoms with Crippen molar-refractivity contribution in [3.8, 4) is 5.75 Å². The smallest absolute Gasteiger partial charge is 0.255 e. The van der Waals surface area contributed by atoms with Gasteiger partial charge < -0.3 is 25.2 Å². The summed E-state index contributed by atoms with van der Waals surface area (Å²) in [5.41, 5.74) is 3.03. The number of benzene rings is 3. The number of para-hydroxylation sites is 2. The zero-order valence-corrected chi connectivity index (χ0v) is 21.5. The number of hydrogen-bond acceptors (Lipinski definition) is 5. The molecule has 2 N–H and O–H groups in total. The van der Waals surface area contributed by atoms with Crippen molar-refractivity contribution < 1.29 is 18.7 Å². The molecule has 37 heavy (non-hydrogen) atoms. The molecule has 0 aliphatic carbocycles. The second-order valence-corrected chi connectivity index (χ2v) is 9.45. The maximum absolute atomic E-state index is 13.6. The maximum atomic E-state index is 13.6. The Balaban J connectivity index is 1.55. The van der Waals surface area contributed by atoms with Crippen molar-refractivity contribution >= 4 is 28.9 Å². The van der Waals surface area contributed by atoms with Gasteiger partial charge in [-0.3, -0.25) is 9.59 Å². The van der Waals surface area contributed by atoms with Crippen LogP contribution in [-0.4, -0.2) is 51.6 Å². The maximum Gasteiger partial charge on any atom is 0.255 e. The molecule has 1 saturated heterocycles. The highest BCUT2D eigenvalue weighted by Gasteiger charge is 2.24. The highest BCUT2D eigenvalue weighted by Crippen LogP contribution is 2.31. The van der Waals surface area contributed by atoms with Gasteiger partial charge in [-0.2, -0.15) is 0 Å². The quantitative estimate of drug-likeness (QED) is 0.461. The zero-order chi connectivity index (χ0) is 26.4. The minimum atomic E-state index is -0.482. The Morgan fingerprint density at radius 3 is 2.27 bits per heavy atom. The molecule has 1 fully saturated rings. The molecule has 7 nitrogen and oxygen atoms in total. The van der Waals surface area contributed by atoms with E-state index in [1.807, 2.05) is 38.1 Å². The summed E-state index contributed by atoms with van der Waals surface area (Å²) < 4.78 is 19.1. The fraction of sp³-hybridized carbons (Fsp3) is 0.310. The van der Waals surface area contributed by atoms with Crippen molar-refractivity contribution in [2.24, 2.45) is 5.92 Å². The van der Waals surface area contributed by atoms with E-state index in [1.165, 1.54) is 18.2 Å². The van der Waals surface area contributed by atoms with Crippen LogP contribution in [0.15, 0.2) is 66.7 Å². The van der Waals surface area contributed by atoms with E-state index < -0.39 is 11.7 Å². The normalized spacial score (nSPS) is 13.4. The van der Waals surface area contributed by atoms with Gasteiger partial charge in [0.1, 0.15) is 11.6 Å². The standard InChI is InChI=1S/C29H33FN4O3/c1-20(2)19-31-29(36)24-18-23(32-28(35)21-7-6-8-22(30)17-21)11-12-25(24)33-13-15-34(16-14-33)26-9-4-5-10-27(26)37-3/h4-12,17-18,20H,13-16,19H2,1-3H3,(H,31,36)(H,32,35). The van der Waals surface area contributed by atoms with Crippen LogP contribution in [-0.2, 0) is 0 Å². The first-order valence-corrected chi connectivity index (χ1v) is 12.5. The van der Waals surface area contributed by atoms with Crippen LogP contribution >= 0.6 is 0 Å². The van der Waals surface area contributed by atoms with E-state index in [2.05, 4.69) is 26.5 Å². The molecule has 3 aromatic rings. The van der Waals surface area contributed by atoms with Crippen molar-refractivity contribution in [2.75, 3.05) is 55.0 Å². The van der Waals surface area contributed by atoms with Crippen molar-refractivity contribution in [1.82, 2.24) is 5.32 Å². The van der Waals surface area contributed by atoms with E-state index in [4.69, 9.17) is 4.74 Å². The summed E-state index contributed by atoms with van der Waals surface area (Å²) in [5, 5.41) is 5.78. The Kier molecular flexibility index (Phi) is 8.28. The number of amides is 2. The molecule has 4 rings (SSSR count). The van der Waals surface area contributed by atoms with Crippen molar-refractivity contribution in [3.63, 3.8) is 0 Å². The first kappa shape index (κ1) is 26.0. The van der Waals surface area contributed by atoms with E-state index in [1.54, 1.807) is 25.3 Å². The molecule has 0 spiro atoms. The van der Waals surface area contributed by atoms with Crippen LogP contribution < -0.4 is 25.2 Å². The number of nitrogens with one attached hydrogen (secondary N) is 2. The number of piperazine rings is 1. The van der Waals surface area contributed by atoms with Crippen LogP contribution in [0.2, 0.25) is 0 Å². The van der Waals surface area contributed by atoms with Crippen LogP contribution in [0.1, 0.15) is 34.6 Å². The van der Waals surface area contributed by atoms with Crippen LogP contribution in [0.4, 0.5) is 21.5 Å². The molecule has 194 valence electrons. The zero-order valence-electron chi connectivity index (χ0n) is 21.5. The molecule has 8 heteroatoms. The lowest BCUT2D eigenvalue weighted by Crippen LogP contribution is -2.47. The monoisotopic (exact) mass is 504 g/mol. The first-order chi connectivity index (χ1) is 17.9. The topological polar surface area (TPSA) is 73.9 Å². The van der Waals surface area contributed by atoms with E-state index in [9.17, 15) is 14.0 Å². The molecule has 1 aliphatic heterocycles. The Bertz CT molecular complexity index is 1260. The molecule has 1 aliphatic rings. The number of ether oxygens (including phenoxy) is 1. The lowest BCUT2D eigenvalue weighted by Gasteiger charge is -2.38. The van der Waals surface area contributed by atoms with Crippen LogP contribution in [0.25, 0.3) is 0 Å². The summed E-state index contributed by atoms with van der Waals surface area (Å²) in [6.45, 7) is 7.59. The molecular weight excluding hydrogens is 471 g/mol. The van der Waals surface area contributed by atoms with Gasteiger partial charge in [0.05, 0.1) is 18.4 Å². The average Bonchev–Trinajstić information content (AvgIpc) is 2.91. The largest absolute Gasteiger partial charge is 0.495 e. The van der Waals surface area contributed by atoms with Gasteiger partial charge in [-0.05, 0) is 54.4 Å². The summed E-state index contributed by atoms with van der Waals surface area (Å²) in [5.74, 6) is 0.0173. The van der Waals surface area contributed by atoms with Crippen LogP contribution in [0, 0.1) is 11.7 Å². The summed E-state index contributed by atoms with van der Waals surface area (Å²) in [7, 11) is 1.67. The highest BCUT2D eigenvalue weighted by atomic mass is 19.1. The van der Waals surface area contributed by atoms with E-state index in [-0.39, 0.29) is 11.5 Å². The lowest BCUT2D eigenvalue weighted by atomic mass is 10.1. The Morgan fingerprint density at radius 1 is 0.892 bits per heavy atom. The molecule has 2 amide bonds. The lowest BCUT2D eigenvalue weighted by molar-refractivity contribution is 0.0948. The average molecular weight is 505 g/mol. The van der Waals surface area contributed by atoms with Gasteiger partial charge in [-0.15, -0.1) is 0 Å². The summed E-state index contributed by atoms with van der Waals surface area (Å²) in [6, 6.07) is 18.8. The Morgan fingerprint density at radius 2 is 1.59 bits per heavy atom. The molecule has 3 aromatic carbocycles. The molecule has 0 aromatic heterocycles. The van der Waals surface area contributed by atoms with Crippen molar-refractivity contribution in [2.45, 2.75) is 13.8 Å². The number of carbonyl (C=O) groups excluding carboxylic acids is 2. The number of methoxy groups -OCH3 is 1. The number of carbonyl (C=O) groups is 2. The predicted octanol–water partition coefficient (Wildman–Crippen LogP) is 4.80. The second kappa shape index (κ2) is 11.8. The van der Waals surface area contributed by atoms with Gasteiger partial charge >= 0.3 is 0 Å². The molecule has 0 unspecified atom stereocenters. The van der Waals surface area contributed by atoms with Gasteiger partial charge in [0, 0.05) is 49.7 Å². The molecule has 1 heterocycles. The second-order valence-electron chi connectivity index (χ2n) is 9.45. The van der Waals surface area contributed by atoms with Gasteiger partial charge in [0.2, 0.25) is 0 Å². The fourth-order valence-corrected chi connectivity index (χ4v) is 4.38. The van der Waals surface area contributed by atoms with Crippen molar-refractivity contribution in [3.05, 3.63) is 83.7 Å². The number of anilines is 3. The van der Waals surface area contributed by atoms with Crippen molar-refractivity contribution in [1.29, 1.82) is 0 Å². The van der Waals surface area contributed by atoms with E-state index in [0.29, 0.717) is 23.7 Å². The van der Waals surface area contributed by atoms with Crippen LogP contribution in [0.5, 0.6) is 5.75 Å². The number of halogens is 1. The van der Waals surface area contributed by atoms with E-state index >= 15 is 0 Å². The molecule has 0 radical (unpaired) electrons. The Labute approximate surface area is 217 Å². The number of nitrogens with zero attached hydrogens (tertiary/aromatic N) is 2. The van der Waals surface area contributed by atoms with Crippen LogP contribution in [0.3, 0.4) is 0 Å². The third kappa shape index (κ3) is 6.39. The molecular formula is C29H33FN4O3.